The van der Waals surface area contributed by atoms with Gasteiger partial charge in [-0.05, 0) is 63.4 Å². The molecule has 0 aliphatic carbocycles. The molecule has 188 valence electrons. The maximum atomic E-state index is 12.7. The summed E-state index contributed by atoms with van der Waals surface area (Å²) in [6.45, 7) is 6.36. The van der Waals surface area contributed by atoms with Crippen molar-refractivity contribution in [3.8, 4) is 0 Å². The van der Waals surface area contributed by atoms with Crippen LogP contribution in [-0.4, -0.2) is 70.5 Å². The number of aromatic nitrogens is 1. The predicted molar refractivity (Wildman–Crippen MR) is 140 cm³/mol. The lowest BCUT2D eigenvalue weighted by Crippen LogP contribution is -2.41. The standard InChI is InChI=1S/C26H35N5O3S/c1-19-24(25(34)28-21-9-7-20(18-32)8-10-21)35-26(27-19)29-22-11-16-31(17-12-22)23(33)6-5-15-30-13-3-2-4-14-30/h5-10,22,32H,2-4,11-18H2,1H3,(H,27,29)(H,28,34)/b6-5+. The van der Waals surface area contributed by atoms with Crippen LogP contribution in [0.3, 0.4) is 0 Å². The number of anilines is 2. The predicted octanol–water partition coefficient (Wildman–Crippen LogP) is 3.64. The van der Waals surface area contributed by atoms with Crippen molar-refractivity contribution in [2.45, 2.75) is 51.7 Å². The summed E-state index contributed by atoms with van der Waals surface area (Å²) in [6.07, 6.45) is 9.27. The molecule has 2 fully saturated rings. The van der Waals surface area contributed by atoms with Crippen molar-refractivity contribution in [1.82, 2.24) is 14.8 Å². The van der Waals surface area contributed by atoms with Crippen LogP contribution in [0.15, 0.2) is 36.4 Å². The Kier molecular flexibility index (Phi) is 8.90. The fourth-order valence-electron chi connectivity index (χ4n) is 4.52. The van der Waals surface area contributed by atoms with E-state index in [1.807, 2.05) is 17.9 Å². The second-order valence-electron chi connectivity index (χ2n) is 9.25. The van der Waals surface area contributed by atoms with E-state index < -0.39 is 0 Å². The van der Waals surface area contributed by atoms with Crippen molar-refractivity contribution in [1.29, 1.82) is 0 Å². The molecule has 2 amide bonds. The van der Waals surface area contributed by atoms with Gasteiger partial charge in [0.05, 0.1) is 12.3 Å². The first-order valence-corrected chi connectivity index (χ1v) is 13.3. The third kappa shape index (κ3) is 7.13. The van der Waals surface area contributed by atoms with Crippen LogP contribution in [0.4, 0.5) is 10.8 Å². The zero-order valence-corrected chi connectivity index (χ0v) is 21.1. The molecule has 4 rings (SSSR count). The van der Waals surface area contributed by atoms with Crippen LogP contribution < -0.4 is 10.6 Å². The van der Waals surface area contributed by atoms with Gasteiger partial charge in [-0.25, -0.2) is 4.98 Å². The zero-order valence-electron chi connectivity index (χ0n) is 20.3. The first kappa shape index (κ1) is 25.3. The topological polar surface area (TPSA) is 97.8 Å². The summed E-state index contributed by atoms with van der Waals surface area (Å²) < 4.78 is 0. The van der Waals surface area contributed by atoms with Crippen molar-refractivity contribution >= 4 is 34.0 Å². The zero-order chi connectivity index (χ0) is 24.6. The molecule has 0 bridgehead atoms. The van der Waals surface area contributed by atoms with Gasteiger partial charge in [-0.15, -0.1) is 0 Å². The average Bonchev–Trinajstić information content (AvgIpc) is 3.25. The molecule has 2 aliphatic rings. The molecule has 0 unspecified atom stereocenters. The maximum Gasteiger partial charge on any atom is 0.267 e. The highest BCUT2D eigenvalue weighted by Gasteiger charge is 2.23. The number of benzene rings is 1. The number of carbonyl (C=O) groups excluding carboxylic acids is 2. The summed E-state index contributed by atoms with van der Waals surface area (Å²) in [5, 5.41) is 16.2. The highest BCUT2D eigenvalue weighted by molar-refractivity contribution is 7.17. The van der Waals surface area contributed by atoms with Crippen molar-refractivity contribution < 1.29 is 14.7 Å². The number of thiazole rings is 1. The maximum absolute atomic E-state index is 12.7. The number of amides is 2. The van der Waals surface area contributed by atoms with Crippen molar-refractivity contribution in [3.05, 3.63) is 52.6 Å². The highest BCUT2D eigenvalue weighted by atomic mass is 32.1. The number of hydrogen-bond acceptors (Lipinski definition) is 7. The van der Waals surface area contributed by atoms with E-state index in [1.54, 1.807) is 30.3 Å². The lowest BCUT2D eigenvalue weighted by molar-refractivity contribution is -0.126. The number of aliphatic hydroxyl groups is 1. The van der Waals surface area contributed by atoms with Crippen molar-refractivity contribution in [3.63, 3.8) is 0 Å². The Labute approximate surface area is 211 Å². The molecule has 1 aromatic heterocycles. The second kappa shape index (κ2) is 12.3. The van der Waals surface area contributed by atoms with Crippen molar-refractivity contribution in [2.75, 3.05) is 43.4 Å². The largest absolute Gasteiger partial charge is 0.392 e. The molecule has 9 heteroatoms. The Morgan fingerprint density at radius 3 is 2.51 bits per heavy atom. The Hall–Kier alpha value is -2.75. The van der Waals surface area contributed by atoms with Gasteiger partial charge >= 0.3 is 0 Å². The SMILES string of the molecule is Cc1nc(NC2CCN(C(=O)/C=C/CN3CCCCC3)CC2)sc1C(=O)Nc1ccc(CO)cc1. The summed E-state index contributed by atoms with van der Waals surface area (Å²) >= 11 is 1.35. The molecule has 3 heterocycles. The third-order valence-corrected chi connectivity index (χ3v) is 7.69. The highest BCUT2D eigenvalue weighted by Crippen LogP contribution is 2.26. The monoisotopic (exact) mass is 497 g/mol. The minimum Gasteiger partial charge on any atom is -0.392 e. The van der Waals surface area contributed by atoms with Crippen LogP contribution in [0.1, 0.15) is 53.0 Å². The third-order valence-electron chi connectivity index (χ3n) is 6.60. The summed E-state index contributed by atoms with van der Waals surface area (Å²) in [5.74, 6) is -0.0990. The average molecular weight is 498 g/mol. The fourth-order valence-corrected chi connectivity index (χ4v) is 5.46. The smallest absolute Gasteiger partial charge is 0.267 e. The minimum atomic E-state index is -0.193. The van der Waals surface area contributed by atoms with Gasteiger partial charge in [0.1, 0.15) is 4.88 Å². The van der Waals surface area contributed by atoms with E-state index >= 15 is 0 Å². The molecule has 0 radical (unpaired) electrons. The van der Waals surface area contributed by atoms with Crippen LogP contribution in [0, 0.1) is 6.92 Å². The molecular weight excluding hydrogens is 462 g/mol. The molecule has 0 saturated carbocycles. The number of carbonyl (C=O) groups is 2. The van der Waals surface area contributed by atoms with Crippen LogP contribution >= 0.6 is 11.3 Å². The number of piperidine rings is 2. The fraction of sp³-hybridized carbons (Fsp3) is 0.500. The van der Waals surface area contributed by atoms with Gasteiger partial charge in [0, 0.05) is 37.4 Å². The number of nitrogens with zero attached hydrogens (tertiary/aromatic N) is 3. The van der Waals surface area contributed by atoms with E-state index in [0.29, 0.717) is 29.3 Å². The van der Waals surface area contributed by atoms with E-state index in [9.17, 15) is 9.59 Å². The quantitative estimate of drug-likeness (QED) is 0.482. The number of nitrogens with one attached hydrogen (secondary N) is 2. The lowest BCUT2D eigenvalue weighted by Gasteiger charge is -2.31. The van der Waals surface area contributed by atoms with Crippen LogP contribution in [0.25, 0.3) is 0 Å². The van der Waals surface area contributed by atoms with E-state index in [4.69, 9.17) is 5.11 Å². The summed E-state index contributed by atoms with van der Waals surface area (Å²) in [5.41, 5.74) is 2.16. The molecule has 35 heavy (non-hydrogen) atoms. The Bertz CT molecular complexity index is 1020. The number of likely N-dealkylation sites (tertiary alicyclic amines) is 2. The van der Waals surface area contributed by atoms with Gasteiger partial charge in [-0.2, -0.15) is 0 Å². The summed E-state index contributed by atoms with van der Waals surface area (Å²) in [6, 6.07) is 7.34. The normalized spacial score (nSPS) is 17.6. The lowest BCUT2D eigenvalue weighted by atomic mass is 10.1. The second-order valence-corrected chi connectivity index (χ2v) is 10.2. The van der Waals surface area contributed by atoms with Gasteiger partial charge < -0.3 is 20.6 Å². The molecule has 3 N–H and O–H groups in total. The number of rotatable bonds is 8. The van der Waals surface area contributed by atoms with Gasteiger partial charge in [0.2, 0.25) is 5.91 Å². The first-order valence-electron chi connectivity index (χ1n) is 12.4. The van der Waals surface area contributed by atoms with Gasteiger partial charge in [-0.3, -0.25) is 14.5 Å². The van der Waals surface area contributed by atoms with E-state index in [2.05, 4.69) is 20.5 Å². The molecule has 2 aliphatic heterocycles. The summed E-state index contributed by atoms with van der Waals surface area (Å²) in [4.78, 5) is 34.7. The Balaban J connectivity index is 1.23. The number of aliphatic hydroxyl groups excluding tert-OH is 1. The van der Waals surface area contributed by atoms with Gasteiger partial charge in [0.25, 0.3) is 5.91 Å². The Morgan fingerprint density at radius 2 is 1.83 bits per heavy atom. The van der Waals surface area contributed by atoms with Gasteiger partial charge in [-0.1, -0.05) is 36.0 Å². The molecule has 1 aromatic carbocycles. The van der Waals surface area contributed by atoms with E-state index in [1.165, 1.54) is 30.6 Å². The molecule has 0 atom stereocenters. The summed E-state index contributed by atoms with van der Waals surface area (Å²) in [7, 11) is 0. The molecule has 8 nitrogen and oxygen atoms in total. The van der Waals surface area contributed by atoms with Crippen LogP contribution in [0.5, 0.6) is 0 Å². The van der Waals surface area contributed by atoms with Gasteiger partial charge in [0.15, 0.2) is 5.13 Å². The molecule has 2 aromatic rings. The van der Waals surface area contributed by atoms with Crippen molar-refractivity contribution in [2.24, 2.45) is 0 Å². The van der Waals surface area contributed by atoms with E-state index in [0.717, 1.165) is 43.2 Å². The van der Waals surface area contributed by atoms with E-state index in [-0.39, 0.29) is 24.5 Å². The molecular formula is C26H35N5O3S. The first-order chi connectivity index (χ1) is 17.0. The molecule has 0 spiro atoms. The molecule has 2 saturated heterocycles. The number of aryl methyl sites for hydroxylation is 1. The van der Waals surface area contributed by atoms with Crippen LogP contribution in [-0.2, 0) is 11.4 Å². The minimum absolute atomic E-state index is 0.0280. The number of hydrogen-bond donors (Lipinski definition) is 3. The van der Waals surface area contributed by atoms with Crippen LogP contribution in [0.2, 0.25) is 0 Å². The Morgan fingerprint density at radius 1 is 1.11 bits per heavy atom.